The molecule has 2 amide bonds. The number of ether oxygens (including phenoxy) is 3. The fraction of sp³-hybridized carbons (Fsp3) is 0.250. The standard InChI is InChI=1S/C20H20N2O6/c1-12(19(24)22-16-6-4-15(5-7-16)21-13(2)23)28-20(25)14-3-8-17-18(11-14)27-10-9-26-17/h3-8,11-12H,9-10H2,1-2H3,(H,21,23)(H,22,24)/t12-/m0/s1. The monoisotopic (exact) mass is 384 g/mol. The van der Waals surface area contributed by atoms with Crippen LogP contribution in [0.2, 0.25) is 0 Å². The number of rotatable bonds is 5. The topological polar surface area (TPSA) is 103 Å². The van der Waals surface area contributed by atoms with Crippen molar-refractivity contribution in [2.75, 3.05) is 23.8 Å². The molecule has 0 spiro atoms. The first-order valence-electron chi connectivity index (χ1n) is 8.71. The summed E-state index contributed by atoms with van der Waals surface area (Å²) in [6.07, 6.45) is -1.00. The van der Waals surface area contributed by atoms with Crippen LogP contribution in [0, 0.1) is 0 Å². The molecule has 146 valence electrons. The predicted molar refractivity (Wildman–Crippen MR) is 102 cm³/mol. The lowest BCUT2D eigenvalue weighted by atomic mass is 10.2. The Balaban J connectivity index is 1.57. The minimum absolute atomic E-state index is 0.184. The van der Waals surface area contributed by atoms with Crippen LogP contribution < -0.4 is 20.1 Å². The van der Waals surface area contributed by atoms with E-state index in [-0.39, 0.29) is 11.5 Å². The van der Waals surface area contributed by atoms with Gasteiger partial charge in [-0.05, 0) is 49.4 Å². The van der Waals surface area contributed by atoms with Crippen LogP contribution in [0.15, 0.2) is 42.5 Å². The smallest absolute Gasteiger partial charge is 0.339 e. The lowest BCUT2D eigenvalue weighted by Crippen LogP contribution is -2.30. The summed E-state index contributed by atoms with van der Waals surface area (Å²) in [5, 5.41) is 5.29. The quantitative estimate of drug-likeness (QED) is 0.768. The van der Waals surface area contributed by atoms with E-state index in [1.807, 2.05) is 0 Å². The third-order valence-electron chi connectivity index (χ3n) is 3.90. The van der Waals surface area contributed by atoms with Gasteiger partial charge in [0, 0.05) is 18.3 Å². The number of benzene rings is 2. The van der Waals surface area contributed by atoms with Gasteiger partial charge in [0.1, 0.15) is 13.2 Å². The van der Waals surface area contributed by atoms with Gasteiger partial charge in [0.15, 0.2) is 17.6 Å². The molecule has 0 fully saturated rings. The van der Waals surface area contributed by atoms with Crippen LogP contribution in [0.5, 0.6) is 11.5 Å². The Morgan fingerprint density at radius 1 is 0.929 bits per heavy atom. The average molecular weight is 384 g/mol. The molecule has 0 aromatic heterocycles. The van der Waals surface area contributed by atoms with Crippen molar-refractivity contribution in [1.29, 1.82) is 0 Å². The second-order valence-electron chi connectivity index (χ2n) is 6.15. The van der Waals surface area contributed by atoms with Crippen LogP contribution in [0.1, 0.15) is 24.2 Å². The summed E-state index contributed by atoms with van der Waals surface area (Å²) >= 11 is 0. The summed E-state index contributed by atoms with van der Waals surface area (Å²) in [7, 11) is 0. The molecule has 0 bridgehead atoms. The first-order chi connectivity index (χ1) is 13.4. The van der Waals surface area contributed by atoms with Crippen molar-refractivity contribution in [3.63, 3.8) is 0 Å². The number of carbonyl (C=O) groups excluding carboxylic acids is 3. The zero-order valence-corrected chi connectivity index (χ0v) is 15.5. The summed E-state index contributed by atoms with van der Waals surface area (Å²) < 4.78 is 16.1. The molecule has 0 saturated heterocycles. The van der Waals surface area contributed by atoms with Gasteiger partial charge in [-0.15, -0.1) is 0 Å². The van der Waals surface area contributed by atoms with E-state index in [2.05, 4.69) is 10.6 Å². The summed E-state index contributed by atoms with van der Waals surface area (Å²) in [5.41, 5.74) is 1.40. The second-order valence-corrected chi connectivity index (χ2v) is 6.15. The van der Waals surface area contributed by atoms with Gasteiger partial charge in [-0.2, -0.15) is 0 Å². The third-order valence-corrected chi connectivity index (χ3v) is 3.90. The molecule has 1 aliphatic heterocycles. The fourth-order valence-corrected chi connectivity index (χ4v) is 2.54. The largest absolute Gasteiger partial charge is 0.486 e. The van der Waals surface area contributed by atoms with Crippen LogP contribution in [-0.4, -0.2) is 37.1 Å². The van der Waals surface area contributed by atoms with E-state index in [0.29, 0.717) is 36.1 Å². The SMILES string of the molecule is CC(=O)Nc1ccc(NC(=O)[C@H](C)OC(=O)c2ccc3c(c2)OCCO3)cc1. The van der Waals surface area contributed by atoms with E-state index >= 15 is 0 Å². The minimum atomic E-state index is -1.00. The molecule has 0 radical (unpaired) electrons. The van der Waals surface area contributed by atoms with Crippen molar-refractivity contribution in [2.45, 2.75) is 20.0 Å². The first-order valence-corrected chi connectivity index (χ1v) is 8.71. The summed E-state index contributed by atoms with van der Waals surface area (Å²) in [6.45, 7) is 3.76. The molecule has 0 unspecified atom stereocenters. The zero-order valence-electron chi connectivity index (χ0n) is 15.5. The Morgan fingerprint density at radius 2 is 1.54 bits per heavy atom. The highest BCUT2D eigenvalue weighted by atomic mass is 16.6. The van der Waals surface area contributed by atoms with E-state index in [1.54, 1.807) is 36.4 Å². The Labute approximate surface area is 161 Å². The molecule has 0 aliphatic carbocycles. The second kappa shape index (κ2) is 8.43. The maximum Gasteiger partial charge on any atom is 0.339 e. The third kappa shape index (κ3) is 4.79. The number of hydrogen-bond acceptors (Lipinski definition) is 6. The predicted octanol–water partition coefficient (Wildman–Crippen LogP) is 2.60. The van der Waals surface area contributed by atoms with Crippen molar-refractivity contribution >= 4 is 29.2 Å². The number of fused-ring (bicyclic) bond motifs is 1. The van der Waals surface area contributed by atoms with Gasteiger partial charge in [-0.1, -0.05) is 0 Å². The lowest BCUT2D eigenvalue weighted by molar-refractivity contribution is -0.123. The van der Waals surface area contributed by atoms with Crippen LogP contribution in [-0.2, 0) is 14.3 Å². The summed E-state index contributed by atoms with van der Waals surface area (Å²) in [6, 6.07) is 11.3. The fourth-order valence-electron chi connectivity index (χ4n) is 2.54. The Morgan fingerprint density at radius 3 is 2.18 bits per heavy atom. The highest BCUT2D eigenvalue weighted by Gasteiger charge is 2.21. The molecule has 2 aromatic rings. The van der Waals surface area contributed by atoms with Crippen LogP contribution in [0.4, 0.5) is 11.4 Å². The van der Waals surface area contributed by atoms with Gasteiger partial charge in [0.2, 0.25) is 5.91 Å². The highest BCUT2D eigenvalue weighted by molar-refractivity contribution is 5.98. The van der Waals surface area contributed by atoms with E-state index < -0.39 is 18.0 Å². The molecule has 8 heteroatoms. The van der Waals surface area contributed by atoms with Crippen molar-refractivity contribution in [2.24, 2.45) is 0 Å². The molecule has 1 atom stereocenters. The molecule has 0 saturated carbocycles. The molecule has 2 N–H and O–H groups in total. The van der Waals surface area contributed by atoms with Gasteiger partial charge in [0.25, 0.3) is 5.91 Å². The maximum atomic E-state index is 12.3. The number of anilines is 2. The lowest BCUT2D eigenvalue weighted by Gasteiger charge is -2.19. The van der Waals surface area contributed by atoms with Gasteiger partial charge in [0.05, 0.1) is 5.56 Å². The van der Waals surface area contributed by atoms with Gasteiger partial charge in [-0.3, -0.25) is 9.59 Å². The zero-order chi connectivity index (χ0) is 20.1. The van der Waals surface area contributed by atoms with Gasteiger partial charge >= 0.3 is 5.97 Å². The Bertz CT molecular complexity index is 894. The molecular formula is C20H20N2O6. The van der Waals surface area contributed by atoms with E-state index in [4.69, 9.17) is 14.2 Å². The van der Waals surface area contributed by atoms with Crippen molar-refractivity contribution < 1.29 is 28.6 Å². The molecule has 8 nitrogen and oxygen atoms in total. The average Bonchev–Trinajstić information content (AvgIpc) is 2.68. The van der Waals surface area contributed by atoms with Gasteiger partial charge in [-0.25, -0.2) is 4.79 Å². The number of esters is 1. The number of nitrogens with one attached hydrogen (secondary N) is 2. The number of carbonyl (C=O) groups is 3. The summed E-state index contributed by atoms with van der Waals surface area (Å²) in [4.78, 5) is 35.6. The molecule has 28 heavy (non-hydrogen) atoms. The maximum absolute atomic E-state index is 12.3. The van der Waals surface area contributed by atoms with E-state index in [1.165, 1.54) is 19.9 Å². The molecule has 1 aliphatic rings. The number of hydrogen-bond donors (Lipinski definition) is 2. The van der Waals surface area contributed by atoms with Crippen LogP contribution in [0.3, 0.4) is 0 Å². The molecule has 2 aromatic carbocycles. The van der Waals surface area contributed by atoms with Gasteiger partial charge < -0.3 is 24.8 Å². The normalized spacial score (nSPS) is 13.2. The van der Waals surface area contributed by atoms with Crippen molar-refractivity contribution in [3.8, 4) is 11.5 Å². The van der Waals surface area contributed by atoms with E-state index in [9.17, 15) is 14.4 Å². The minimum Gasteiger partial charge on any atom is -0.486 e. The molecular weight excluding hydrogens is 364 g/mol. The Hall–Kier alpha value is -3.55. The van der Waals surface area contributed by atoms with Crippen LogP contribution in [0.25, 0.3) is 0 Å². The summed E-state index contributed by atoms with van der Waals surface area (Å²) in [5.74, 6) is -0.261. The van der Waals surface area contributed by atoms with Crippen molar-refractivity contribution in [3.05, 3.63) is 48.0 Å². The van der Waals surface area contributed by atoms with Crippen LogP contribution >= 0.6 is 0 Å². The highest BCUT2D eigenvalue weighted by Crippen LogP contribution is 2.31. The molecule has 1 heterocycles. The Kier molecular flexibility index (Phi) is 5.78. The van der Waals surface area contributed by atoms with E-state index in [0.717, 1.165) is 0 Å². The van der Waals surface area contributed by atoms with Crippen molar-refractivity contribution in [1.82, 2.24) is 0 Å². The first kappa shape index (κ1) is 19.2. The number of amides is 2. The molecule has 3 rings (SSSR count).